The normalized spacial score (nSPS) is 10.7. The van der Waals surface area contributed by atoms with Gasteiger partial charge in [-0.15, -0.1) is 21.5 Å². The summed E-state index contributed by atoms with van der Waals surface area (Å²) in [6.45, 7) is 1.54. The highest BCUT2D eigenvalue weighted by atomic mass is 32.2. The lowest BCUT2D eigenvalue weighted by molar-refractivity contribution is -0.115. The average Bonchev–Trinajstić information content (AvgIpc) is 3.42. The molecule has 0 aliphatic heterocycles. The maximum absolute atomic E-state index is 12.2. The number of hydrogen-bond acceptors (Lipinski definition) is 7. The fourth-order valence-electron chi connectivity index (χ4n) is 2.92. The summed E-state index contributed by atoms with van der Waals surface area (Å²) in [6, 6.07) is 17.2. The van der Waals surface area contributed by atoms with E-state index in [2.05, 4.69) is 15.2 Å². The van der Waals surface area contributed by atoms with Gasteiger partial charge in [0.1, 0.15) is 12.1 Å². The molecule has 4 rings (SSSR count). The molecular formula is C21H19N5O2S2. The Kier molecular flexibility index (Phi) is 6.10. The van der Waals surface area contributed by atoms with Crippen LogP contribution in [0.3, 0.4) is 0 Å². The summed E-state index contributed by atoms with van der Waals surface area (Å²) in [5.74, 6) is 1.27. The van der Waals surface area contributed by atoms with Gasteiger partial charge in [0, 0.05) is 18.1 Å². The summed E-state index contributed by atoms with van der Waals surface area (Å²) in [5, 5.41) is 11.6. The number of benzene rings is 2. The van der Waals surface area contributed by atoms with Crippen LogP contribution in [-0.2, 0) is 10.5 Å². The van der Waals surface area contributed by atoms with Gasteiger partial charge < -0.3 is 4.74 Å². The van der Waals surface area contributed by atoms with E-state index in [9.17, 15) is 4.79 Å². The lowest BCUT2D eigenvalue weighted by atomic mass is 10.3. The summed E-state index contributed by atoms with van der Waals surface area (Å²) in [7, 11) is 1.64. The Morgan fingerprint density at radius 3 is 2.70 bits per heavy atom. The Morgan fingerprint density at radius 2 is 1.93 bits per heavy atom. The number of aromatic nitrogens is 4. The Labute approximate surface area is 182 Å². The molecule has 0 spiro atoms. The van der Waals surface area contributed by atoms with E-state index < -0.39 is 0 Å². The minimum Gasteiger partial charge on any atom is -0.495 e. The van der Waals surface area contributed by atoms with Crippen molar-refractivity contribution in [3.8, 4) is 11.4 Å². The lowest BCUT2D eigenvalue weighted by Crippen LogP contribution is -2.22. The molecule has 0 saturated carbocycles. The highest BCUT2D eigenvalue weighted by molar-refractivity contribution is 7.98. The molecule has 0 aliphatic rings. The van der Waals surface area contributed by atoms with Gasteiger partial charge in [-0.05, 0) is 24.3 Å². The van der Waals surface area contributed by atoms with Crippen LogP contribution >= 0.6 is 23.1 Å². The molecule has 9 heteroatoms. The van der Waals surface area contributed by atoms with E-state index in [0.717, 1.165) is 28.0 Å². The average molecular weight is 438 g/mol. The minimum atomic E-state index is -0.0781. The summed E-state index contributed by atoms with van der Waals surface area (Å²) < 4.78 is 7.34. The number of amides is 1. The molecule has 0 unspecified atom stereocenters. The zero-order chi connectivity index (χ0) is 20.9. The van der Waals surface area contributed by atoms with E-state index in [4.69, 9.17) is 4.74 Å². The molecule has 2 aromatic heterocycles. The van der Waals surface area contributed by atoms with Gasteiger partial charge in [-0.2, -0.15) is 0 Å². The monoisotopic (exact) mass is 437 g/mol. The Balaban J connectivity index is 1.52. The largest absolute Gasteiger partial charge is 0.495 e. The van der Waals surface area contributed by atoms with E-state index in [1.165, 1.54) is 23.1 Å². The fourth-order valence-corrected chi connectivity index (χ4v) is 4.73. The third-order valence-corrected chi connectivity index (χ3v) is 6.12. The first kappa shape index (κ1) is 20.1. The van der Waals surface area contributed by atoms with Crippen LogP contribution in [0.1, 0.15) is 12.6 Å². The number of anilines is 2. The van der Waals surface area contributed by atoms with Crippen molar-refractivity contribution >= 4 is 39.8 Å². The quantitative estimate of drug-likeness (QED) is 0.390. The van der Waals surface area contributed by atoms with Crippen LogP contribution in [0.5, 0.6) is 5.75 Å². The number of hydrogen-bond donors (Lipinski definition) is 0. The van der Waals surface area contributed by atoms with Crippen molar-refractivity contribution in [1.29, 1.82) is 0 Å². The molecule has 0 N–H and O–H groups in total. The van der Waals surface area contributed by atoms with Gasteiger partial charge in [-0.1, -0.05) is 42.1 Å². The van der Waals surface area contributed by atoms with Crippen LogP contribution in [0.15, 0.2) is 71.5 Å². The van der Waals surface area contributed by atoms with Crippen LogP contribution < -0.4 is 9.64 Å². The SMILES string of the molecule is COc1ccccc1-n1cnnc1SCc1csc(N(C(C)=O)c2ccccc2)n1. The number of carbonyl (C=O) groups excluding carboxylic acids is 1. The second-order valence-corrected chi connectivity index (χ2v) is 8.03. The molecule has 4 aromatic rings. The molecule has 0 radical (unpaired) electrons. The van der Waals surface area contributed by atoms with Gasteiger partial charge in [-0.3, -0.25) is 14.3 Å². The van der Waals surface area contributed by atoms with Crippen molar-refractivity contribution in [1.82, 2.24) is 19.7 Å². The first-order valence-electron chi connectivity index (χ1n) is 9.13. The number of ether oxygens (including phenoxy) is 1. The second kappa shape index (κ2) is 9.10. The number of nitrogens with zero attached hydrogens (tertiary/aromatic N) is 5. The number of thioether (sulfide) groups is 1. The molecule has 1 amide bonds. The van der Waals surface area contributed by atoms with Gasteiger partial charge in [0.25, 0.3) is 0 Å². The van der Waals surface area contributed by atoms with Gasteiger partial charge in [-0.25, -0.2) is 4.98 Å². The van der Waals surface area contributed by atoms with E-state index in [0.29, 0.717) is 10.9 Å². The van der Waals surface area contributed by atoms with Crippen LogP contribution in [-0.4, -0.2) is 32.8 Å². The molecule has 0 bridgehead atoms. The van der Waals surface area contributed by atoms with E-state index in [-0.39, 0.29) is 5.91 Å². The van der Waals surface area contributed by atoms with E-state index >= 15 is 0 Å². The summed E-state index contributed by atoms with van der Waals surface area (Å²) >= 11 is 2.97. The molecule has 7 nitrogen and oxygen atoms in total. The molecular weight excluding hydrogens is 418 g/mol. The summed E-state index contributed by atoms with van der Waals surface area (Å²) in [6.07, 6.45) is 1.67. The highest BCUT2D eigenvalue weighted by Gasteiger charge is 2.18. The van der Waals surface area contributed by atoms with Crippen LogP contribution in [0.2, 0.25) is 0 Å². The molecule has 2 aromatic carbocycles. The minimum absolute atomic E-state index is 0.0781. The van der Waals surface area contributed by atoms with Gasteiger partial charge >= 0.3 is 0 Å². The maximum atomic E-state index is 12.2. The molecule has 0 saturated heterocycles. The fraction of sp³-hybridized carbons (Fsp3) is 0.143. The number of carbonyl (C=O) groups is 1. The van der Waals surface area contributed by atoms with Gasteiger partial charge in [0.05, 0.1) is 24.2 Å². The zero-order valence-corrected chi connectivity index (χ0v) is 18.1. The number of para-hydroxylation sites is 3. The van der Waals surface area contributed by atoms with Crippen LogP contribution in [0, 0.1) is 0 Å². The van der Waals surface area contributed by atoms with Crippen LogP contribution in [0.4, 0.5) is 10.8 Å². The third kappa shape index (κ3) is 4.22. The molecule has 30 heavy (non-hydrogen) atoms. The van der Waals surface area contributed by atoms with Crippen LogP contribution in [0.25, 0.3) is 5.69 Å². The van der Waals surface area contributed by atoms with Crippen molar-refractivity contribution in [3.63, 3.8) is 0 Å². The molecule has 0 aliphatic carbocycles. The van der Waals surface area contributed by atoms with Gasteiger partial charge in [0.2, 0.25) is 5.91 Å². The van der Waals surface area contributed by atoms with E-state index in [1.807, 2.05) is 64.5 Å². The van der Waals surface area contributed by atoms with Crippen molar-refractivity contribution in [3.05, 3.63) is 72.0 Å². The second-order valence-electron chi connectivity index (χ2n) is 6.26. The van der Waals surface area contributed by atoms with Crippen molar-refractivity contribution < 1.29 is 9.53 Å². The first-order valence-corrected chi connectivity index (χ1v) is 11.0. The van der Waals surface area contributed by atoms with Gasteiger partial charge in [0.15, 0.2) is 10.3 Å². The summed E-state index contributed by atoms with van der Waals surface area (Å²) in [4.78, 5) is 18.5. The van der Waals surface area contributed by atoms with E-state index in [1.54, 1.807) is 25.3 Å². The molecule has 152 valence electrons. The smallest absolute Gasteiger partial charge is 0.230 e. The zero-order valence-electron chi connectivity index (χ0n) is 16.4. The lowest BCUT2D eigenvalue weighted by Gasteiger charge is -2.17. The highest BCUT2D eigenvalue weighted by Crippen LogP contribution is 2.32. The first-order chi connectivity index (χ1) is 14.7. The van der Waals surface area contributed by atoms with Crippen molar-refractivity contribution in [2.24, 2.45) is 0 Å². The Hall–Kier alpha value is -3.17. The number of thiazole rings is 1. The Morgan fingerprint density at radius 1 is 1.17 bits per heavy atom. The molecule has 0 atom stereocenters. The number of rotatable bonds is 7. The molecule has 2 heterocycles. The third-order valence-electron chi connectivity index (χ3n) is 4.27. The molecule has 0 fully saturated rings. The standard InChI is InChI=1S/C21H19N5O2S2/c1-15(27)26(17-8-4-3-5-9-17)20-23-16(12-29-20)13-30-21-24-22-14-25(21)18-10-6-7-11-19(18)28-2/h3-12,14H,13H2,1-2H3. The predicted octanol–water partition coefficient (Wildman–Crippen LogP) is 4.71. The topological polar surface area (TPSA) is 73.1 Å². The van der Waals surface area contributed by atoms with Crippen molar-refractivity contribution in [2.75, 3.05) is 12.0 Å². The maximum Gasteiger partial charge on any atom is 0.230 e. The van der Waals surface area contributed by atoms with Crippen molar-refractivity contribution in [2.45, 2.75) is 17.8 Å². The predicted molar refractivity (Wildman–Crippen MR) is 119 cm³/mol. The summed E-state index contributed by atoms with van der Waals surface area (Å²) in [5.41, 5.74) is 2.55. The number of methoxy groups -OCH3 is 1. The Bertz CT molecular complexity index is 1140.